The average Bonchev–Trinajstić information content (AvgIpc) is 2.75. The highest BCUT2D eigenvalue weighted by Crippen LogP contribution is 2.23. The molecule has 0 aliphatic heterocycles. The Morgan fingerprint density at radius 2 is 1.74 bits per heavy atom. The van der Waals surface area contributed by atoms with Crippen molar-refractivity contribution in [1.29, 1.82) is 0 Å². The van der Waals surface area contributed by atoms with Crippen LogP contribution in [0.1, 0.15) is 21.5 Å². The monoisotopic (exact) mass is 442 g/mol. The van der Waals surface area contributed by atoms with Crippen molar-refractivity contribution in [1.82, 2.24) is 4.90 Å². The number of anilines is 1. The van der Waals surface area contributed by atoms with Crippen molar-refractivity contribution in [3.63, 3.8) is 0 Å². The van der Waals surface area contributed by atoms with Crippen molar-refractivity contribution in [3.8, 4) is 5.75 Å². The van der Waals surface area contributed by atoms with E-state index in [2.05, 4.69) is 4.72 Å². The van der Waals surface area contributed by atoms with E-state index in [4.69, 9.17) is 4.74 Å². The van der Waals surface area contributed by atoms with Gasteiger partial charge in [-0.1, -0.05) is 24.3 Å². The summed E-state index contributed by atoms with van der Waals surface area (Å²) in [7, 11) is -0.750. The minimum Gasteiger partial charge on any atom is -0.496 e. The van der Waals surface area contributed by atoms with E-state index in [1.54, 1.807) is 27.1 Å². The summed E-state index contributed by atoms with van der Waals surface area (Å²) in [6.07, 6.45) is 0. The van der Waals surface area contributed by atoms with E-state index in [9.17, 15) is 17.6 Å². The summed E-state index contributed by atoms with van der Waals surface area (Å²) in [6, 6.07) is 16.7. The predicted octanol–water partition coefficient (Wildman–Crippen LogP) is 4.22. The van der Waals surface area contributed by atoms with Crippen LogP contribution < -0.4 is 9.46 Å². The number of nitrogens with zero attached hydrogens (tertiary/aromatic N) is 1. The Bertz CT molecular complexity index is 1190. The lowest BCUT2D eigenvalue weighted by Crippen LogP contribution is -2.27. The topological polar surface area (TPSA) is 75.7 Å². The summed E-state index contributed by atoms with van der Waals surface area (Å²) in [5.41, 5.74) is 1.99. The van der Waals surface area contributed by atoms with E-state index in [1.165, 1.54) is 29.2 Å². The molecule has 0 spiro atoms. The molecule has 162 valence electrons. The first-order chi connectivity index (χ1) is 14.7. The molecule has 6 nitrogen and oxygen atoms in total. The fraction of sp³-hybridized carbons (Fsp3) is 0.174. The first-order valence-corrected chi connectivity index (χ1v) is 11.0. The molecule has 0 radical (unpaired) electrons. The molecule has 1 N–H and O–H groups in total. The molecular weight excluding hydrogens is 419 g/mol. The second-order valence-corrected chi connectivity index (χ2v) is 8.74. The van der Waals surface area contributed by atoms with E-state index < -0.39 is 15.8 Å². The van der Waals surface area contributed by atoms with E-state index in [1.807, 2.05) is 24.3 Å². The van der Waals surface area contributed by atoms with Gasteiger partial charge in [-0.2, -0.15) is 0 Å². The third-order valence-electron chi connectivity index (χ3n) is 4.79. The molecule has 0 saturated carbocycles. The highest BCUT2D eigenvalue weighted by atomic mass is 32.2. The van der Waals surface area contributed by atoms with Crippen molar-refractivity contribution >= 4 is 21.6 Å². The van der Waals surface area contributed by atoms with Crippen LogP contribution in [-0.4, -0.2) is 33.4 Å². The number of halogens is 1. The van der Waals surface area contributed by atoms with Crippen LogP contribution in [0.4, 0.5) is 10.1 Å². The van der Waals surface area contributed by atoms with Gasteiger partial charge in [0, 0.05) is 30.4 Å². The first kappa shape index (κ1) is 22.3. The van der Waals surface area contributed by atoms with Crippen LogP contribution in [0.5, 0.6) is 5.75 Å². The molecule has 0 saturated heterocycles. The lowest BCUT2D eigenvalue weighted by molar-refractivity contribution is 0.0783. The predicted molar refractivity (Wildman–Crippen MR) is 117 cm³/mol. The largest absolute Gasteiger partial charge is 0.496 e. The van der Waals surface area contributed by atoms with Crippen molar-refractivity contribution in [2.75, 3.05) is 18.9 Å². The summed E-state index contributed by atoms with van der Waals surface area (Å²) < 4.78 is 46.4. The molecule has 0 aliphatic rings. The number of nitrogens with one attached hydrogen (secondary N) is 1. The third-order valence-corrected chi connectivity index (χ3v) is 6.17. The van der Waals surface area contributed by atoms with Gasteiger partial charge in [-0.3, -0.25) is 9.52 Å². The van der Waals surface area contributed by atoms with Gasteiger partial charge in [0.15, 0.2) is 0 Å². The standard InChI is InChI=1S/C23H23FN2O4S/c1-16-8-13-20(31(28,29)25-19-11-9-18(24)10-12-19)14-21(16)23(27)26(2)15-17-6-4-5-7-22(17)30-3/h4-14,25H,15H2,1-3H3. The number of methoxy groups -OCH3 is 1. The van der Waals surface area contributed by atoms with Crippen molar-refractivity contribution < 1.29 is 22.3 Å². The van der Waals surface area contributed by atoms with Crippen LogP contribution in [0.15, 0.2) is 71.6 Å². The molecule has 1 amide bonds. The molecule has 0 aliphatic carbocycles. The average molecular weight is 443 g/mol. The number of hydrogen-bond donors (Lipinski definition) is 1. The lowest BCUT2D eigenvalue weighted by Gasteiger charge is -2.20. The molecule has 0 atom stereocenters. The van der Waals surface area contributed by atoms with E-state index in [0.717, 1.165) is 17.7 Å². The molecule has 3 aromatic rings. The number of carbonyl (C=O) groups excluding carboxylic acids is 1. The number of para-hydroxylation sites is 1. The number of benzene rings is 3. The Morgan fingerprint density at radius 1 is 1.06 bits per heavy atom. The maximum absolute atomic E-state index is 13.1. The van der Waals surface area contributed by atoms with Gasteiger partial charge >= 0.3 is 0 Å². The Labute approximate surface area is 181 Å². The highest BCUT2D eigenvalue weighted by Gasteiger charge is 2.21. The number of rotatable bonds is 7. The van der Waals surface area contributed by atoms with Gasteiger partial charge in [0.1, 0.15) is 11.6 Å². The molecule has 0 bridgehead atoms. The Hall–Kier alpha value is -3.39. The van der Waals surface area contributed by atoms with Crippen molar-refractivity contribution in [2.24, 2.45) is 0 Å². The number of carbonyl (C=O) groups is 1. The Morgan fingerprint density at radius 3 is 2.42 bits per heavy atom. The van der Waals surface area contributed by atoms with Crippen LogP contribution in [0.2, 0.25) is 0 Å². The van der Waals surface area contributed by atoms with Crippen molar-refractivity contribution in [3.05, 3.63) is 89.2 Å². The maximum Gasteiger partial charge on any atom is 0.261 e. The molecular formula is C23H23FN2O4S. The number of hydrogen-bond acceptors (Lipinski definition) is 4. The molecule has 0 aromatic heterocycles. The SMILES string of the molecule is COc1ccccc1CN(C)C(=O)c1cc(S(=O)(=O)Nc2ccc(F)cc2)ccc1C. The molecule has 3 rings (SSSR count). The van der Waals surface area contributed by atoms with Gasteiger partial charge in [0.2, 0.25) is 0 Å². The van der Waals surface area contributed by atoms with Crippen LogP contribution in [-0.2, 0) is 16.6 Å². The molecule has 0 fully saturated rings. The summed E-state index contributed by atoms with van der Waals surface area (Å²) >= 11 is 0. The quantitative estimate of drug-likeness (QED) is 0.595. The highest BCUT2D eigenvalue weighted by molar-refractivity contribution is 7.92. The summed E-state index contributed by atoms with van der Waals surface area (Å²) in [4.78, 5) is 14.5. The van der Waals surface area contributed by atoms with Crippen molar-refractivity contribution in [2.45, 2.75) is 18.4 Å². The smallest absolute Gasteiger partial charge is 0.261 e. The number of amides is 1. The molecule has 8 heteroatoms. The van der Waals surface area contributed by atoms with Gasteiger partial charge in [0.25, 0.3) is 15.9 Å². The fourth-order valence-electron chi connectivity index (χ4n) is 3.10. The van der Waals surface area contributed by atoms with Gasteiger partial charge in [0.05, 0.1) is 12.0 Å². The number of aryl methyl sites for hydroxylation is 1. The van der Waals surface area contributed by atoms with E-state index in [-0.39, 0.29) is 22.1 Å². The first-order valence-electron chi connectivity index (χ1n) is 9.47. The minimum absolute atomic E-state index is 0.0588. The Kier molecular flexibility index (Phi) is 6.60. The summed E-state index contributed by atoms with van der Waals surface area (Å²) in [5.74, 6) is -0.120. The lowest BCUT2D eigenvalue weighted by atomic mass is 10.1. The molecule has 31 heavy (non-hydrogen) atoms. The van der Waals surface area contributed by atoms with Gasteiger partial charge in [-0.25, -0.2) is 12.8 Å². The maximum atomic E-state index is 13.1. The zero-order valence-corrected chi connectivity index (χ0v) is 18.2. The van der Waals surface area contributed by atoms with Crippen LogP contribution in [0.3, 0.4) is 0 Å². The zero-order valence-electron chi connectivity index (χ0n) is 17.4. The second-order valence-electron chi connectivity index (χ2n) is 7.06. The summed E-state index contributed by atoms with van der Waals surface area (Å²) in [6.45, 7) is 2.04. The molecule has 3 aromatic carbocycles. The van der Waals surface area contributed by atoms with Gasteiger partial charge in [-0.05, 0) is 55.0 Å². The normalized spacial score (nSPS) is 11.1. The van der Waals surface area contributed by atoms with Gasteiger partial charge in [-0.15, -0.1) is 0 Å². The minimum atomic E-state index is -3.96. The van der Waals surface area contributed by atoms with Crippen LogP contribution >= 0.6 is 0 Å². The molecule has 0 heterocycles. The van der Waals surface area contributed by atoms with Gasteiger partial charge < -0.3 is 9.64 Å². The van der Waals surface area contributed by atoms with E-state index in [0.29, 0.717) is 17.9 Å². The third kappa shape index (κ3) is 5.21. The van der Waals surface area contributed by atoms with E-state index >= 15 is 0 Å². The fourth-order valence-corrected chi connectivity index (χ4v) is 4.18. The Balaban J connectivity index is 1.85. The molecule has 0 unspecified atom stereocenters. The number of ether oxygens (including phenoxy) is 1. The zero-order chi connectivity index (χ0) is 22.6. The summed E-state index contributed by atoms with van der Waals surface area (Å²) in [5, 5.41) is 0. The van der Waals surface area contributed by atoms with Crippen LogP contribution in [0.25, 0.3) is 0 Å². The second kappa shape index (κ2) is 9.18. The van der Waals surface area contributed by atoms with Crippen LogP contribution in [0, 0.1) is 12.7 Å². The number of sulfonamides is 1.